The highest BCUT2D eigenvalue weighted by Crippen LogP contribution is 2.29. The normalized spacial score (nSPS) is 20.2. The van der Waals surface area contributed by atoms with Crippen LogP contribution in [0.2, 0.25) is 0 Å². The highest BCUT2D eigenvalue weighted by Gasteiger charge is 2.37. The summed E-state index contributed by atoms with van der Waals surface area (Å²) in [6, 6.07) is 7.88. The first-order valence-electron chi connectivity index (χ1n) is 3.77. The molecule has 2 nitrogen and oxygen atoms in total. The third kappa shape index (κ3) is 1.36. The molecule has 1 fully saturated rings. The fraction of sp³-hybridized carbons (Fsp3) is 0.333. The molecule has 0 amide bonds. The molecule has 3 heteroatoms. The van der Waals surface area contributed by atoms with Gasteiger partial charge in [0.25, 0.3) is 0 Å². The van der Waals surface area contributed by atoms with Gasteiger partial charge in [-0.3, -0.25) is 0 Å². The van der Waals surface area contributed by atoms with Crippen LogP contribution in [0.25, 0.3) is 0 Å². The SMILES string of the molecule is OC1(c2ccc(I)cc2)COC1. The zero-order valence-corrected chi connectivity index (χ0v) is 8.61. The van der Waals surface area contributed by atoms with E-state index in [1.807, 2.05) is 24.3 Å². The molecule has 1 saturated heterocycles. The molecule has 2 rings (SSSR count). The van der Waals surface area contributed by atoms with Crippen molar-refractivity contribution in [2.24, 2.45) is 0 Å². The first kappa shape index (κ1) is 8.47. The van der Waals surface area contributed by atoms with Gasteiger partial charge in [0.1, 0.15) is 5.60 Å². The van der Waals surface area contributed by atoms with E-state index in [4.69, 9.17) is 4.74 Å². The van der Waals surface area contributed by atoms with E-state index in [0.29, 0.717) is 13.2 Å². The molecule has 0 aromatic heterocycles. The zero-order valence-electron chi connectivity index (χ0n) is 6.46. The summed E-state index contributed by atoms with van der Waals surface area (Å²) in [4.78, 5) is 0. The maximum atomic E-state index is 9.84. The Morgan fingerprint density at radius 3 is 2.25 bits per heavy atom. The lowest BCUT2D eigenvalue weighted by Gasteiger charge is -2.36. The Balaban J connectivity index is 2.28. The predicted octanol–water partition coefficient (Wildman–Crippen LogP) is 1.51. The highest BCUT2D eigenvalue weighted by atomic mass is 127. The minimum Gasteiger partial charge on any atom is -0.380 e. The molecule has 1 aromatic rings. The molecule has 0 radical (unpaired) electrons. The summed E-state index contributed by atoms with van der Waals surface area (Å²) in [7, 11) is 0. The fourth-order valence-corrected chi connectivity index (χ4v) is 1.58. The van der Waals surface area contributed by atoms with E-state index in [1.54, 1.807) is 0 Å². The molecule has 0 saturated carbocycles. The predicted molar refractivity (Wildman–Crippen MR) is 53.9 cm³/mol. The number of hydrogen-bond donors (Lipinski definition) is 1. The van der Waals surface area contributed by atoms with Crippen LogP contribution in [0.5, 0.6) is 0 Å². The van der Waals surface area contributed by atoms with Gasteiger partial charge in [-0.15, -0.1) is 0 Å². The Labute approximate surface area is 84.7 Å². The van der Waals surface area contributed by atoms with Crippen molar-refractivity contribution in [1.29, 1.82) is 0 Å². The molecule has 0 atom stereocenters. The molecule has 1 aliphatic rings. The average molecular weight is 276 g/mol. The van der Waals surface area contributed by atoms with Crippen LogP contribution in [0, 0.1) is 3.57 Å². The first-order chi connectivity index (χ1) is 5.71. The number of aliphatic hydroxyl groups is 1. The van der Waals surface area contributed by atoms with E-state index in [0.717, 1.165) is 5.56 Å². The van der Waals surface area contributed by atoms with E-state index >= 15 is 0 Å². The molecule has 64 valence electrons. The van der Waals surface area contributed by atoms with E-state index in [2.05, 4.69) is 22.6 Å². The third-order valence-electron chi connectivity index (χ3n) is 2.06. The largest absolute Gasteiger partial charge is 0.380 e. The summed E-state index contributed by atoms with van der Waals surface area (Å²) in [6.45, 7) is 0.848. The van der Waals surface area contributed by atoms with E-state index < -0.39 is 5.60 Å². The van der Waals surface area contributed by atoms with Crippen LogP contribution in [0.4, 0.5) is 0 Å². The van der Waals surface area contributed by atoms with Crippen molar-refractivity contribution in [3.05, 3.63) is 33.4 Å². The fourth-order valence-electron chi connectivity index (χ4n) is 1.22. The second kappa shape index (κ2) is 2.97. The van der Waals surface area contributed by atoms with Gasteiger partial charge in [0, 0.05) is 3.57 Å². The first-order valence-corrected chi connectivity index (χ1v) is 4.85. The molecule has 0 unspecified atom stereocenters. The van der Waals surface area contributed by atoms with Gasteiger partial charge in [0.15, 0.2) is 0 Å². The van der Waals surface area contributed by atoms with E-state index in [9.17, 15) is 5.11 Å². The Morgan fingerprint density at radius 1 is 1.25 bits per heavy atom. The van der Waals surface area contributed by atoms with Crippen molar-refractivity contribution in [3.63, 3.8) is 0 Å². The van der Waals surface area contributed by atoms with Crippen LogP contribution in [-0.4, -0.2) is 18.3 Å². The topological polar surface area (TPSA) is 29.5 Å². The zero-order chi connectivity index (χ0) is 8.60. The van der Waals surface area contributed by atoms with Crippen molar-refractivity contribution >= 4 is 22.6 Å². The molecule has 1 N–H and O–H groups in total. The number of hydrogen-bond acceptors (Lipinski definition) is 2. The van der Waals surface area contributed by atoms with Gasteiger partial charge in [0.05, 0.1) is 13.2 Å². The summed E-state index contributed by atoms with van der Waals surface area (Å²) in [6.07, 6.45) is 0. The van der Waals surface area contributed by atoms with Gasteiger partial charge < -0.3 is 9.84 Å². The minimum absolute atomic E-state index is 0.424. The van der Waals surface area contributed by atoms with Crippen molar-refractivity contribution in [1.82, 2.24) is 0 Å². The minimum atomic E-state index is -0.718. The maximum absolute atomic E-state index is 9.84. The van der Waals surface area contributed by atoms with Crippen LogP contribution in [0.1, 0.15) is 5.56 Å². The van der Waals surface area contributed by atoms with Gasteiger partial charge in [-0.25, -0.2) is 0 Å². The average Bonchev–Trinajstić information content (AvgIpc) is 2.02. The van der Waals surface area contributed by atoms with Crippen LogP contribution < -0.4 is 0 Å². The van der Waals surface area contributed by atoms with Gasteiger partial charge in [-0.1, -0.05) is 12.1 Å². The van der Waals surface area contributed by atoms with E-state index in [-0.39, 0.29) is 0 Å². The Kier molecular flexibility index (Phi) is 2.10. The molecule has 1 aliphatic heterocycles. The van der Waals surface area contributed by atoms with Crippen LogP contribution >= 0.6 is 22.6 Å². The quantitative estimate of drug-likeness (QED) is 0.788. The van der Waals surface area contributed by atoms with Gasteiger partial charge in [-0.05, 0) is 40.3 Å². The lowest BCUT2D eigenvalue weighted by molar-refractivity contribution is -0.184. The van der Waals surface area contributed by atoms with Gasteiger partial charge in [-0.2, -0.15) is 0 Å². The Hall–Kier alpha value is -0.130. The van der Waals surface area contributed by atoms with Gasteiger partial charge in [0.2, 0.25) is 0 Å². The Bertz CT molecular complexity index is 277. The van der Waals surface area contributed by atoms with Crippen molar-refractivity contribution in [2.75, 3.05) is 13.2 Å². The second-order valence-corrected chi connectivity index (χ2v) is 4.28. The van der Waals surface area contributed by atoms with Crippen LogP contribution in [0.3, 0.4) is 0 Å². The van der Waals surface area contributed by atoms with Gasteiger partial charge >= 0.3 is 0 Å². The molecule has 0 spiro atoms. The standard InChI is InChI=1S/C9H9IO2/c10-8-3-1-7(2-4-8)9(11)5-12-6-9/h1-4,11H,5-6H2. The highest BCUT2D eigenvalue weighted by molar-refractivity contribution is 14.1. The monoisotopic (exact) mass is 276 g/mol. The van der Waals surface area contributed by atoms with Crippen molar-refractivity contribution in [2.45, 2.75) is 5.60 Å². The molecular formula is C9H9IO2. The number of ether oxygens (including phenoxy) is 1. The summed E-state index contributed by atoms with van der Waals surface area (Å²) in [5.74, 6) is 0. The van der Waals surface area contributed by atoms with Crippen molar-refractivity contribution < 1.29 is 9.84 Å². The lowest BCUT2D eigenvalue weighted by atomic mass is 9.92. The third-order valence-corrected chi connectivity index (χ3v) is 2.78. The van der Waals surface area contributed by atoms with Crippen LogP contribution in [-0.2, 0) is 10.3 Å². The Morgan fingerprint density at radius 2 is 1.83 bits per heavy atom. The summed E-state index contributed by atoms with van der Waals surface area (Å²) in [5.41, 5.74) is 0.235. The number of rotatable bonds is 1. The number of halogens is 1. The van der Waals surface area contributed by atoms with Crippen molar-refractivity contribution in [3.8, 4) is 0 Å². The molecular weight excluding hydrogens is 267 g/mol. The number of benzene rings is 1. The molecule has 1 aromatic carbocycles. The molecule has 0 aliphatic carbocycles. The second-order valence-electron chi connectivity index (χ2n) is 3.03. The molecule has 1 heterocycles. The molecule has 12 heavy (non-hydrogen) atoms. The molecule has 0 bridgehead atoms. The summed E-state index contributed by atoms with van der Waals surface area (Å²) < 4.78 is 6.15. The lowest BCUT2D eigenvalue weighted by Crippen LogP contribution is -2.46. The summed E-state index contributed by atoms with van der Waals surface area (Å²) in [5, 5.41) is 9.84. The smallest absolute Gasteiger partial charge is 0.136 e. The van der Waals surface area contributed by atoms with Crippen LogP contribution in [0.15, 0.2) is 24.3 Å². The summed E-state index contributed by atoms with van der Waals surface area (Å²) >= 11 is 2.24. The van der Waals surface area contributed by atoms with E-state index in [1.165, 1.54) is 3.57 Å². The maximum Gasteiger partial charge on any atom is 0.136 e.